The van der Waals surface area contributed by atoms with E-state index in [0.29, 0.717) is 5.69 Å². The molecule has 0 aromatic heterocycles. The normalized spacial score (nSPS) is 10.4. The Kier molecular flexibility index (Phi) is 4.77. The van der Waals surface area contributed by atoms with E-state index in [4.69, 9.17) is 11.6 Å². The first-order valence-corrected chi connectivity index (χ1v) is 6.40. The highest BCUT2D eigenvalue weighted by Gasteiger charge is 2.12. The van der Waals surface area contributed by atoms with Crippen molar-refractivity contribution in [3.63, 3.8) is 0 Å². The van der Waals surface area contributed by atoms with Crippen molar-refractivity contribution < 1.29 is 17.9 Å². The van der Waals surface area contributed by atoms with E-state index in [1.165, 1.54) is 24.1 Å². The molecule has 0 heterocycles. The van der Waals surface area contributed by atoms with E-state index in [1.807, 2.05) is 0 Å². The summed E-state index contributed by atoms with van der Waals surface area (Å²) in [7, 11) is 0.379. The zero-order valence-corrected chi connectivity index (χ0v) is 11.0. The third kappa shape index (κ3) is 3.61. The maximum absolute atomic E-state index is 11.3. The van der Waals surface area contributed by atoms with Crippen LogP contribution in [-0.4, -0.2) is 34.4 Å². The smallest absolute Gasteiger partial charge is 0.339 e. The predicted octanol–water partition coefficient (Wildman–Crippen LogP) is 1.13. The van der Waals surface area contributed by atoms with Gasteiger partial charge in [-0.1, -0.05) is 11.6 Å². The number of thiol groups is 1. The third-order valence-electron chi connectivity index (χ3n) is 2.13. The molecule has 1 aromatic rings. The first-order chi connectivity index (χ1) is 7.95. The molecule has 0 aliphatic heterocycles. The molecule has 5 nitrogen and oxygen atoms in total. The van der Waals surface area contributed by atoms with Crippen LogP contribution in [0.4, 0.5) is 5.69 Å². The van der Waals surface area contributed by atoms with Gasteiger partial charge in [0.25, 0.3) is 0 Å². The van der Waals surface area contributed by atoms with E-state index >= 15 is 0 Å². The van der Waals surface area contributed by atoms with E-state index < -0.39 is 16.7 Å². The van der Waals surface area contributed by atoms with Crippen molar-refractivity contribution in [3.05, 3.63) is 28.8 Å². The molecule has 0 atom stereocenters. The van der Waals surface area contributed by atoms with Crippen LogP contribution in [0.15, 0.2) is 18.2 Å². The van der Waals surface area contributed by atoms with Gasteiger partial charge in [0, 0.05) is 12.7 Å². The molecule has 1 rings (SSSR count). The van der Waals surface area contributed by atoms with Gasteiger partial charge in [0.1, 0.15) is 5.88 Å². The molecule has 17 heavy (non-hydrogen) atoms. The molecule has 0 radical (unpaired) electrons. The zero-order valence-electron chi connectivity index (χ0n) is 9.34. The number of halogens is 1. The summed E-state index contributed by atoms with van der Waals surface area (Å²) in [5.74, 6) is -0.637. The Morgan fingerprint density at radius 3 is 2.59 bits per heavy atom. The number of carbonyl (C=O) groups is 1. The molecule has 0 saturated carbocycles. The van der Waals surface area contributed by atoms with Crippen LogP contribution in [0.25, 0.3) is 0 Å². The molecular weight excluding hydrogens is 266 g/mol. The summed E-state index contributed by atoms with van der Waals surface area (Å²) in [5, 5.41) is 0.224. The molecule has 0 amide bonds. The fraction of sp³-hybridized carbons (Fsp3) is 0.300. The van der Waals surface area contributed by atoms with Crippen molar-refractivity contribution in [3.8, 4) is 0 Å². The molecule has 0 fully saturated rings. The highest BCUT2D eigenvalue weighted by Crippen LogP contribution is 2.23. The lowest BCUT2D eigenvalue weighted by Gasteiger charge is -2.16. The fourth-order valence-corrected chi connectivity index (χ4v) is 2.03. The standard InChI is InChI=1S/C10H12ClNO4S/c1-12(6-17(14)15)7-3-4-8(9(11)5-7)10(13)16-2/h3-5,17H,6H2,1-2H3. The summed E-state index contributed by atoms with van der Waals surface area (Å²) in [4.78, 5) is 12.8. The van der Waals surface area contributed by atoms with Gasteiger partial charge in [0.05, 0.1) is 17.7 Å². The van der Waals surface area contributed by atoms with E-state index in [2.05, 4.69) is 4.74 Å². The number of hydrogen-bond donors (Lipinski definition) is 1. The number of rotatable bonds is 4. The Labute approximate surface area is 106 Å². The van der Waals surface area contributed by atoms with E-state index in [0.717, 1.165) is 0 Å². The number of ether oxygens (including phenoxy) is 1. The second kappa shape index (κ2) is 5.88. The quantitative estimate of drug-likeness (QED) is 0.660. The maximum Gasteiger partial charge on any atom is 0.339 e. The molecule has 0 bridgehead atoms. The number of methoxy groups -OCH3 is 1. The number of anilines is 1. The Morgan fingerprint density at radius 2 is 2.12 bits per heavy atom. The first-order valence-electron chi connectivity index (χ1n) is 4.66. The van der Waals surface area contributed by atoms with Gasteiger partial charge in [0.15, 0.2) is 10.7 Å². The van der Waals surface area contributed by atoms with Crippen LogP contribution >= 0.6 is 11.6 Å². The molecule has 7 heteroatoms. The summed E-state index contributed by atoms with van der Waals surface area (Å²) in [5.41, 5.74) is 0.861. The largest absolute Gasteiger partial charge is 0.465 e. The average molecular weight is 278 g/mol. The van der Waals surface area contributed by atoms with Crippen molar-refractivity contribution in [2.75, 3.05) is 24.9 Å². The van der Waals surface area contributed by atoms with Crippen LogP contribution in [-0.2, 0) is 15.4 Å². The number of hydrogen-bond acceptors (Lipinski definition) is 5. The number of esters is 1. The van der Waals surface area contributed by atoms with Gasteiger partial charge >= 0.3 is 5.97 Å². The van der Waals surface area contributed by atoms with Gasteiger partial charge in [0.2, 0.25) is 0 Å². The minimum Gasteiger partial charge on any atom is -0.465 e. The average Bonchev–Trinajstić information content (AvgIpc) is 2.27. The second-order valence-corrected chi connectivity index (χ2v) is 4.68. The Bertz CT molecular complexity index is 493. The van der Waals surface area contributed by atoms with E-state index in [-0.39, 0.29) is 16.5 Å². The Morgan fingerprint density at radius 1 is 1.47 bits per heavy atom. The summed E-state index contributed by atoms with van der Waals surface area (Å²) in [6.07, 6.45) is 0. The number of benzene rings is 1. The zero-order chi connectivity index (χ0) is 13.0. The molecule has 1 aromatic carbocycles. The lowest BCUT2D eigenvalue weighted by Crippen LogP contribution is -2.19. The van der Waals surface area contributed by atoms with Gasteiger partial charge in [-0.25, -0.2) is 13.2 Å². The van der Waals surface area contributed by atoms with Crippen molar-refractivity contribution in [2.24, 2.45) is 0 Å². The number of carbonyl (C=O) groups excluding carboxylic acids is 1. The van der Waals surface area contributed by atoms with Crippen molar-refractivity contribution in [1.29, 1.82) is 0 Å². The van der Waals surface area contributed by atoms with Crippen LogP contribution in [0.5, 0.6) is 0 Å². The van der Waals surface area contributed by atoms with Gasteiger partial charge in [-0.05, 0) is 18.2 Å². The highest BCUT2D eigenvalue weighted by molar-refractivity contribution is 7.72. The van der Waals surface area contributed by atoms with Gasteiger partial charge in [-0.2, -0.15) is 0 Å². The van der Waals surface area contributed by atoms with Gasteiger partial charge in [-0.3, -0.25) is 0 Å². The maximum atomic E-state index is 11.3. The SMILES string of the molecule is COC(=O)c1ccc(N(C)C[SH](=O)=O)cc1Cl. The van der Waals surface area contributed by atoms with Gasteiger partial charge in [-0.15, -0.1) is 0 Å². The minimum absolute atomic E-state index is 0.108. The first kappa shape index (κ1) is 13.8. The topological polar surface area (TPSA) is 63.7 Å². The predicted molar refractivity (Wildman–Crippen MR) is 66.4 cm³/mol. The molecule has 0 aliphatic carbocycles. The minimum atomic E-state index is -2.51. The Hall–Kier alpha value is -1.27. The summed E-state index contributed by atoms with van der Waals surface area (Å²) in [6, 6.07) is 4.63. The van der Waals surface area contributed by atoms with Crippen LogP contribution in [0.3, 0.4) is 0 Å². The molecule has 0 saturated heterocycles. The van der Waals surface area contributed by atoms with E-state index in [9.17, 15) is 13.2 Å². The van der Waals surface area contributed by atoms with Crippen molar-refractivity contribution in [2.45, 2.75) is 0 Å². The third-order valence-corrected chi connectivity index (χ3v) is 3.09. The second-order valence-electron chi connectivity index (χ2n) is 3.33. The van der Waals surface area contributed by atoms with Crippen LogP contribution in [0.1, 0.15) is 10.4 Å². The Balaban J connectivity index is 2.99. The summed E-state index contributed by atoms with van der Waals surface area (Å²) in [6.45, 7) is 0. The molecule has 0 spiro atoms. The fourth-order valence-electron chi connectivity index (χ4n) is 1.27. The summed E-state index contributed by atoms with van der Waals surface area (Å²) < 4.78 is 25.7. The van der Waals surface area contributed by atoms with E-state index in [1.54, 1.807) is 13.1 Å². The monoisotopic (exact) mass is 277 g/mol. The highest BCUT2D eigenvalue weighted by atomic mass is 35.5. The number of nitrogens with zero attached hydrogens (tertiary/aromatic N) is 1. The van der Waals surface area contributed by atoms with Crippen molar-refractivity contribution >= 4 is 34.0 Å². The summed E-state index contributed by atoms with van der Waals surface area (Å²) >= 11 is 5.91. The van der Waals surface area contributed by atoms with Crippen molar-refractivity contribution in [1.82, 2.24) is 0 Å². The molecule has 0 unspecified atom stereocenters. The van der Waals surface area contributed by atoms with Crippen LogP contribution < -0.4 is 4.90 Å². The lowest BCUT2D eigenvalue weighted by molar-refractivity contribution is 0.0601. The molecular formula is C10H12ClNO4S. The molecule has 0 aliphatic rings. The van der Waals surface area contributed by atoms with Crippen LogP contribution in [0, 0.1) is 0 Å². The lowest BCUT2D eigenvalue weighted by atomic mass is 10.2. The molecule has 94 valence electrons. The van der Waals surface area contributed by atoms with Crippen LogP contribution in [0.2, 0.25) is 5.02 Å². The molecule has 0 N–H and O–H groups in total. The van der Waals surface area contributed by atoms with Gasteiger partial charge < -0.3 is 9.64 Å².